The number of rotatable bonds is 3. The van der Waals surface area contributed by atoms with E-state index >= 15 is 0 Å². The van der Waals surface area contributed by atoms with Gasteiger partial charge in [0.05, 0.1) is 22.5 Å². The van der Waals surface area contributed by atoms with Gasteiger partial charge in [-0.2, -0.15) is 5.26 Å². The molecule has 0 aliphatic rings. The van der Waals surface area contributed by atoms with Crippen LogP contribution in [0.25, 0.3) is 0 Å². The van der Waals surface area contributed by atoms with E-state index in [-0.39, 0.29) is 10.9 Å². The fourth-order valence-electron chi connectivity index (χ4n) is 2.19. The molecule has 0 radical (unpaired) electrons. The molecule has 0 N–H and O–H groups in total. The molecular formula is C19H14F6NPS. The molecule has 0 atom stereocenters. The molecule has 0 saturated carbocycles. The number of hydrogen-bond acceptors (Lipinski definition) is 1. The maximum Gasteiger partial charge on any atom is 0.166 e. The van der Waals surface area contributed by atoms with Crippen LogP contribution in [0.3, 0.4) is 0 Å². The molecule has 0 unspecified atom stereocenters. The van der Waals surface area contributed by atoms with Gasteiger partial charge in [-0.3, -0.25) is 0 Å². The first kappa shape index (κ1) is 21.8. The molecule has 0 saturated heterocycles. The third-order valence-electron chi connectivity index (χ3n) is 3.18. The van der Waals surface area contributed by atoms with Crippen molar-refractivity contribution in [3.8, 4) is 6.07 Å². The fraction of sp³-hybridized carbons (Fsp3) is 0. The Kier molecular flexibility index (Phi) is 5.84. The van der Waals surface area contributed by atoms with Crippen LogP contribution in [0.15, 0.2) is 99.6 Å². The second-order valence-corrected chi connectivity index (χ2v) is 9.47. The van der Waals surface area contributed by atoms with Crippen LogP contribution in [0, 0.1) is 11.3 Å². The van der Waals surface area contributed by atoms with E-state index in [0.29, 0.717) is 5.56 Å². The minimum Gasteiger partial charge on any atom is -0.192 e. The van der Waals surface area contributed by atoms with E-state index in [4.69, 9.17) is 5.26 Å². The molecule has 3 aromatic carbocycles. The van der Waals surface area contributed by atoms with E-state index in [1.165, 1.54) is 14.7 Å². The summed E-state index contributed by atoms with van der Waals surface area (Å²) < 4.78 is 59.2. The Labute approximate surface area is 160 Å². The third kappa shape index (κ3) is 8.47. The smallest absolute Gasteiger partial charge is 0.166 e. The number of nitriles is 1. The van der Waals surface area contributed by atoms with Gasteiger partial charge in [0, 0.05) is 0 Å². The Hall–Kier alpha value is -2.49. The average Bonchev–Trinajstić information content (AvgIpc) is 2.62. The molecule has 0 bridgehead atoms. The molecule has 0 aliphatic carbocycles. The van der Waals surface area contributed by atoms with Crippen molar-refractivity contribution in [1.29, 1.82) is 5.26 Å². The Bertz CT molecular complexity index is 902. The summed E-state index contributed by atoms with van der Waals surface area (Å²) in [6.45, 7) is 0. The first-order valence-electron chi connectivity index (χ1n) is 7.74. The molecule has 0 heterocycles. The molecule has 9 heteroatoms. The summed E-state index contributed by atoms with van der Waals surface area (Å²) in [6.07, 6.45) is 0. The van der Waals surface area contributed by atoms with Gasteiger partial charge in [-0.25, -0.2) is 0 Å². The Balaban J connectivity index is 0.000000345. The first-order chi connectivity index (χ1) is 12.8. The average molecular weight is 433 g/mol. The molecule has 0 aliphatic heterocycles. The second kappa shape index (κ2) is 7.50. The van der Waals surface area contributed by atoms with Crippen LogP contribution in [0.2, 0.25) is 0 Å². The molecular weight excluding hydrogens is 419 g/mol. The Morgan fingerprint density at radius 3 is 1.21 bits per heavy atom. The summed E-state index contributed by atoms with van der Waals surface area (Å²) in [6, 6.07) is 31.1. The molecule has 148 valence electrons. The predicted molar refractivity (Wildman–Crippen MR) is 99.8 cm³/mol. The van der Waals surface area contributed by atoms with Crippen LogP contribution in [-0.4, -0.2) is 0 Å². The quantitative estimate of drug-likeness (QED) is 0.233. The summed E-state index contributed by atoms with van der Waals surface area (Å²) in [7, 11) is -10.8. The second-order valence-electron chi connectivity index (χ2n) is 5.53. The van der Waals surface area contributed by atoms with Crippen molar-refractivity contribution in [3.63, 3.8) is 0 Å². The molecule has 28 heavy (non-hydrogen) atoms. The van der Waals surface area contributed by atoms with Gasteiger partial charge in [0.15, 0.2) is 14.7 Å². The Morgan fingerprint density at radius 1 is 0.571 bits per heavy atom. The van der Waals surface area contributed by atoms with Gasteiger partial charge >= 0.3 is 33.0 Å². The summed E-state index contributed by atoms with van der Waals surface area (Å²) in [4.78, 5) is 3.80. The van der Waals surface area contributed by atoms with E-state index in [2.05, 4.69) is 66.7 Å². The van der Waals surface area contributed by atoms with Gasteiger partial charge < -0.3 is 0 Å². The maximum absolute atomic E-state index is 10.7. The van der Waals surface area contributed by atoms with E-state index in [0.717, 1.165) is 0 Å². The van der Waals surface area contributed by atoms with E-state index in [1.807, 2.05) is 24.3 Å². The van der Waals surface area contributed by atoms with Crippen molar-refractivity contribution in [3.05, 3.63) is 90.5 Å². The number of nitrogens with zero attached hydrogens (tertiary/aromatic N) is 1. The van der Waals surface area contributed by atoms with Crippen LogP contribution < -0.4 is 0 Å². The van der Waals surface area contributed by atoms with Crippen molar-refractivity contribution < 1.29 is 25.2 Å². The SMILES string of the molecule is F[P-](F)(F)(F)(F)F.N#Cc1ccc([S+](c2ccccc2)c2ccccc2)cc1. The van der Waals surface area contributed by atoms with Crippen LogP contribution in [0.5, 0.6) is 0 Å². The summed E-state index contributed by atoms with van der Waals surface area (Å²) in [5.41, 5.74) is 0.698. The fourth-order valence-corrected chi connectivity index (χ4v) is 4.27. The van der Waals surface area contributed by atoms with Gasteiger partial charge in [0.2, 0.25) is 0 Å². The van der Waals surface area contributed by atoms with E-state index in [9.17, 15) is 25.2 Å². The number of benzene rings is 3. The zero-order valence-corrected chi connectivity index (χ0v) is 15.9. The van der Waals surface area contributed by atoms with E-state index < -0.39 is 7.81 Å². The van der Waals surface area contributed by atoms with E-state index in [1.54, 1.807) is 0 Å². The van der Waals surface area contributed by atoms with Gasteiger partial charge in [-0.1, -0.05) is 36.4 Å². The number of hydrogen-bond donors (Lipinski definition) is 0. The first-order valence-corrected chi connectivity index (χ1v) is 11.0. The summed E-state index contributed by atoms with van der Waals surface area (Å²) >= 11 is 0. The van der Waals surface area contributed by atoms with Crippen molar-refractivity contribution in [2.45, 2.75) is 14.7 Å². The zero-order valence-electron chi connectivity index (χ0n) is 14.2. The monoisotopic (exact) mass is 433 g/mol. The molecule has 0 fully saturated rings. The van der Waals surface area contributed by atoms with Crippen LogP contribution in [0.1, 0.15) is 5.56 Å². The maximum atomic E-state index is 9.87. The largest absolute Gasteiger partial charge is 0.192 e. The van der Waals surface area contributed by atoms with Crippen molar-refractivity contribution >= 4 is 18.7 Å². The van der Waals surface area contributed by atoms with Crippen molar-refractivity contribution in [2.24, 2.45) is 0 Å². The molecule has 0 spiro atoms. The van der Waals surface area contributed by atoms with Crippen LogP contribution in [-0.2, 0) is 10.9 Å². The van der Waals surface area contributed by atoms with Gasteiger partial charge in [0.1, 0.15) is 0 Å². The molecule has 0 aromatic heterocycles. The topological polar surface area (TPSA) is 23.8 Å². The van der Waals surface area contributed by atoms with Gasteiger partial charge in [-0.05, 0) is 48.5 Å². The number of halogens is 6. The minimum atomic E-state index is -10.7. The minimum absolute atomic E-state index is 0.134. The summed E-state index contributed by atoms with van der Waals surface area (Å²) in [5, 5.41) is 8.95. The van der Waals surface area contributed by atoms with Gasteiger partial charge in [0.25, 0.3) is 0 Å². The van der Waals surface area contributed by atoms with Crippen molar-refractivity contribution in [2.75, 3.05) is 0 Å². The van der Waals surface area contributed by atoms with Crippen LogP contribution in [0.4, 0.5) is 25.2 Å². The zero-order chi connectivity index (χ0) is 20.9. The summed E-state index contributed by atoms with van der Waals surface area (Å²) in [5.74, 6) is 0. The molecule has 0 amide bonds. The standard InChI is InChI=1S/C19H14NS.F6P/c20-15-16-11-13-19(14-12-16)21(17-7-3-1-4-8-17)18-9-5-2-6-10-18;1-7(2,3,4,5)6/h1-14H;/q+1;-1. The predicted octanol–water partition coefficient (Wildman–Crippen LogP) is 8.04. The van der Waals surface area contributed by atoms with Crippen LogP contribution >= 0.6 is 7.81 Å². The molecule has 3 rings (SSSR count). The van der Waals surface area contributed by atoms with Gasteiger partial charge in [-0.15, -0.1) is 0 Å². The Morgan fingerprint density at radius 2 is 0.893 bits per heavy atom. The molecule has 3 aromatic rings. The van der Waals surface area contributed by atoms with Crippen molar-refractivity contribution in [1.82, 2.24) is 0 Å². The third-order valence-corrected chi connectivity index (χ3v) is 5.41. The normalized spacial score (nSPS) is 13.5. The molecule has 1 nitrogen and oxygen atoms in total.